The van der Waals surface area contributed by atoms with Gasteiger partial charge in [-0.1, -0.05) is 12.1 Å². The second-order valence-electron chi connectivity index (χ2n) is 8.75. The van der Waals surface area contributed by atoms with Crippen molar-refractivity contribution >= 4 is 28.8 Å². The summed E-state index contributed by atoms with van der Waals surface area (Å²) in [6, 6.07) is 14.7. The molecule has 0 radical (unpaired) electrons. The predicted octanol–water partition coefficient (Wildman–Crippen LogP) is 3.87. The second-order valence-corrected chi connectivity index (χ2v) is 10.1. The van der Waals surface area contributed by atoms with E-state index >= 15 is 0 Å². The van der Waals surface area contributed by atoms with Gasteiger partial charge in [0.2, 0.25) is 5.91 Å². The van der Waals surface area contributed by atoms with Crippen molar-refractivity contribution in [2.24, 2.45) is 5.73 Å². The van der Waals surface area contributed by atoms with Gasteiger partial charge in [0.15, 0.2) is 0 Å². The molecular formula is C26H31N5O2S. The van der Waals surface area contributed by atoms with Crippen LogP contribution in [0.15, 0.2) is 60.9 Å². The summed E-state index contributed by atoms with van der Waals surface area (Å²) in [6.45, 7) is 5.09. The molecule has 0 spiro atoms. The van der Waals surface area contributed by atoms with Gasteiger partial charge >= 0.3 is 0 Å². The summed E-state index contributed by atoms with van der Waals surface area (Å²) in [5.74, 6) is -0.232. The summed E-state index contributed by atoms with van der Waals surface area (Å²) in [5.41, 5.74) is 8.33. The Bertz CT molecular complexity index is 1090. The van der Waals surface area contributed by atoms with Crippen molar-refractivity contribution in [1.82, 2.24) is 15.2 Å². The van der Waals surface area contributed by atoms with Crippen molar-refractivity contribution in [3.63, 3.8) is 0 Å². The first kappa shape index (κ1) is 24.1. The first-order valence-electron chi connectivity index (χ1n) is 11.6. The summed E-state index contributed by atoms with van der Waals surface area (Å²) in [5, 5.41) is 5.98. The number of pyridine rings is 1. The molecule has 4 rings (SSSR count). The van der Waals surface area contributed by atoms with Gasteiger partial charge in [-0.05, 0) is 61.7 Å². The molecule has 7 nitrogen and oxygen atoms in total. The van der Waals surface area contributed by atoms with Gasteiger partial charge in [-0.25, -0.2) is 0 Å². The van der Waals surface area contributed by atoms with Crippen molar-refractivity contribution in [3.8, 4) is 0 Å². The number of amides is 2. The minimum atomic E-state index is -0.417. The maximum absolute atomic E-state index is 12.6. The van der Waals surface area contributed by atoms with Crippen LogP contribution in [0.5, 0.6) is 0 Å². The Morgan fingerprint density at radius 3 is 2.44 bits per heavy atom. The average Bonchev–Trinajstić information content (AvgIpc) is 3.25. The monoisotopic (exact) mass is 477 g/mol. The fourth-order valence-corrected chi connectivity index (χ4v) is 5.08. The van der Waals surface area contributed by atoms with Gasteiger partial charge in [0.05, 0.1) is 0 Å². The zero-order chi connectivity index (χ0) is 23.9. The Morgan fingerprint density at radius 2 is 1.79 bits per heavy atom. The van der Waals surface area contributed by atoms with Crippen LogP contribution in [-0.4, -0.2) is 40.8 Å². The van der Waals surface area contributed by atoms with E-state index in [-0.39, 0.29) is 24.3 Å². The van der Waals surface area contributed by atoms with Gasteiger partial charge in [-0.2, -0.15) is 0 Å². The lowest BCUT2D eigenvalue weighted by atomic mass is 10.0. The summed E-state index contributed by atoms with van der Waals surface area (Å²) in [6.07, 6.45) is 5.37. The summed E-state index contributed by atoms with van der Waals surface area (Å²) >= 11 is 1.85. The molecule has 1 fully saturated rings. The number of thiophene rings is 1. The fraction of sp³-hybridized carbons (Fsp3) is 0.346. The molecule has 1 aliphatic heterocycles. The zero-order valence-electron chi connectivity index (χ0n) is 19.4. The Labute approximate surface area is 204 Å². The molecule has 0 aliphatic carbocycles. The summed E-state index contributed by atoms with van der Waals surface area (Å²) in [4.78, 5) is 34.1. The summed E-state index contributed by atoms with van der Waals surface area (Å²) < 4.78 is 0. The van der Waals surface area contributed by atoms with E-state index < -0.39 is 6.04 Å². The minimum absolute atomic E-state index is 0.0284. The van der Waals surface area contributed by atoms with Crippen LogP contribution in [0.3, 0.4) is 0 Å². The number of nitrogens with one attached hydrogen (secondary N) is 2. The van der Waals surface area contributed by atoms with Gasteiger partial charge in [0.1, 0.15) is 0 Å². The Morgan fingerprint density at radius 1 is 1.09 bits per heavy atom. The van der Waals surface area contributed by atoms with Crippen LogP contribution in [-0.2, 0) is 11.3 Å². The number of nitrogens with two attached hydrogens (primary N) is 1. The lowest BCUT2D eigenvalue weighted by molar-refractivity contribution is -0.122. The van der Waals surface area contributed by atoms with Gasteiger partial charge < -0.3 is 16.4 Å². The van der Waals surface area contributed by atoms with E-state index in [9.17, 15) is 9.59 Å². The lowest BCUT2D eigenvalue weighted by Crippen LogP contribution is -2.44. The number of hydrogen-bond donors (Lipinski definition) is 3. The highest BCUT2D eigenvalue weighted by molar-refractivity contribution is 7.11. The highest BCUT2D eigenvalue weighted by atomic mass is 32.1. The van der Waals surface area contributed by atoms with Crippen molar-refractivity contribution in [2.75, 3.05) is 18.4 Å². The quantitative estimate of drug-likeness (QED) is 0.457. The molecular weight excluding hydrogens is 446 g/mol. The fourth-order valence-electron chi connectivity index (χ4n) is 4.15. The first-order chi connectivity index (χ1) is 16.5. The van der Waals surface area contributed by atoms with Crippen LogP contribution >= 0.6 is 11.3 Å². The number of hydrogen-bond acceptors (Lipinski definition) is 6. The summed E-state index contributed by atoms with van der Waals surface area (Å²) in [7, 11) is 0. The molecule has 3 heterocycles. The number of carbonyl (C=O) groups is 2. The number of anilines is 1. The maximum Gasteiger partial charge on any atom is 0.255 e. The standard InChI is InChI=1S/C26H31N5O2S/c1-18-2-7-23(34-18)17-31-14-10-22(11-15-31)29-25(32)16-24(27)19-3-5-20(6-4-19)26(33)30-21-8-12-28-13-9-21/h2-9,12-13,22,24H,10-11,14-17,27H2,1H3,(H,29,32)(H,28,30,33). The van der Waals surface area contributed by atoms with Crippen LogP contribution in [0, 0.1) is 6.92 Å². The highest BCUT2D eigenvalue weighted by Gasteiger charge is 2.22. The first-order valence-corrected chi connectivity index (χ1v) is 12.4. The van der Waals surface area contributed by atoms with Gasteiger partial charge in [-0.3, -0.25) is 19.5 Å². The topological polar surface area (TPSA) is 100 Å². The van der Waals surface area contributed by atoms with Gasteiger partial charge in [-0.15, -0.1) is 11.3 Å². The molecule has 178 valence electrons. The van der Waals surface area contributed by atoms with Crippen LogP contribution < -0.4 is 16.4 Å². The lowest BCUT2D eigenvalue weighted by Gasteiger charge is -2.32. The number of likely N-dealkylation sites (tertiary alicyclic amines) is 1. The molecule has 1 aromatic carbocycles. The van der Waals surface area contributed by atoms with Crippen LogP contribution in [0.4, 0.5) is 5.69 Å². The normalized spacial score (nSPS) is 15.6. The Balaban J connectivity index is 1.21. The molecule has 1 saturated heterocycles. The third kappa shape index (κ3) is 6.72. The third-order valence-electron chi connectivity index (χ3n) is 6.07. The van der Waals surface area contributed by atoms with Crippen molar-refractivity contribution < 1.29 is 9.59 Å². The van der Waals surface area contributed by atoms with Gasteiger partial charge in [0.25, 0.3) is 5.91 Å². The SMILES string of the molecule is Cc1ccc(CN2CCC(NC(=O)CC(N)c3ccc(C(=O)Nc4ccncc4)cc3)CC2)s1. The molecule has 4 N–H and O–H groups in total. The van der Waals surface area contributed by atoms with E-state index in [0.717, 1.165) is 38.0 Å². The average molecular weight is 478 g/mol. The number of benzene rings is 1. The molecule has 1 atom stereocenters. The van der Waals surface area contributed by atoms with E-state index in [1.165, 1.54) is 9.75 Å². The number of carbonyl (C=O) groups excluding carboxylic acids is 2. The van der Waals surface area contributed by atoms with Crippen LogP contribution in [0.1, 0.15) is 51.0 Å². The highest BCUT2D eigenvalue weighted by Crippen LogP contribution is 2.21. The van der Waals surface area contributed by atoms with Crippen LogP contribution in [0.2, 0.25) is 0 Å². The number of aryl methyl sites for hydroxylation is 1. The molecule has 0 bridgehead atoms. The molecule has 3 aromatic rings. The molecule has 8 heteroatoms. The van der Waals surface area contributed by atoms with E-state index in [2.05, 4.69) is 39.6 Å². The smallest absolute Gasteiger partial charge is 0.255 e. The van der Waals surface area contributed by atoms with E-state index in [1.807, 2.05) is 23.5 Å². The van der Waals surface area contributed by atoms with E-state index in [1.54, 1.807) is 36.7 Å². The maximum atomic E-state index is 12.6. The van der Waals surface area contributed by atoms with Crippen LogP contribution in [0.25, 0.3) is 0 Å². The van der Waals surface area contributed by atoms with E-state index in [0.29, 0.717) is 11.3 Å². The number of rotatable bonds is 8. The second kappa shape index (κ2) is 11.4. The third-order valence-corrected chi connectivity index (χ3v) is 7.06. The number of nitrogens with zero attached hydrogens (tertiary/aromatic N) is 2. The predicted molar refractivity (Wildman–Crippen MR) is 136 cm³/mol. The zero-order valence-corrected chi connectivity index (χ0v) is 20.2. The Kier molecular flexibility index (Phi) is 8.05. The molecule has 2 amide bonds. The van der Waals surface area contributed by atoms with Crippen molar-refractivity contribution in [2.45, 2.75) is 44.8 Å². The molecule has 0 saturated carbocycles. The number of piperidine rings is 1. The number of aromatic nitrogens is 1. The minimum Gasteiger partial charge on any atom is -0.353 e. The molecule has 1 unspecified atom stereocenters. The van der Waals surface area contributed by atoms with Crippen molar-refractivity contribution in [1.29, 1.82) is 0 Å². The van der Waals surface area contributed by atoms with Gasteiger partial charge in [0, 0.05) is 71.5 Å². The van der Waals surface area contributed by atoms with Crippen molar-refractivity contribution in [3.05, 3.63) is 81.8 Å². The Hall–Kier alpha value is -3.07. The molecule has 34 heavy (non-hydrogen) atoms. The largest absolute Gasteiger partial charge is 0.353 e. The molecule has 2 aromatic heterocycles. The molecule has 1 aliphatic rings. The van der Waals surface area contributed by atoms with E-state index in [4.69, 9.17) is 5.73 Å².